The highest BCUT2D eigenvalue weighted by Crippen LogP contribution is 2.21. The summed E-state index contributed by atoms with van der Waals surface area (Å²) in [6.45, 7) is 3.31. The number of rotatable bonds is 3. The van der Waals surface area contributed by atoms with E-state index in [0.717, 1.165) is 10.1 Å². The smallest absolute Gasteiger partial charge is 0.335 e. The predicted octanol–water partition coefficient (Wildman–Crippen LogP) is 2.82. The topological polar surface area (TPSA) is 87.4 Å². The van der Waals surface area contributed by atoms with Crippen molar-refractivity contribution in [1.29, 1.82) is 0 Å². The van der Waals surface area contributed by atoms with Gasteiger partial charge in [0.1, 0.15) is 11.4 Å². The summed E-state index contributed by atoms with van der Waals surface area (Å²) >= 11 is 0. The molecule has 26 heavy (non-hydrogen) atoms. The zero-order chi connectivity index (χ0) is 18.8. The van der Waals surface area contributed by atoms with Gasteiger partial charge in [-0.25, -0.2) is 13.8 Å². The molecule has 0 spiro atoms. The van der Waals surface area contributed by atoms with Crippen LogP contribution in [0, 0.1) is 12.7 Å². The van der Waals surface area contributed by atoms with E-state index >= 15 is 0 Å². The van der Waals surface area contributed by atoms with E-state index in [-0.39, 0.29) is 11.3 Å². The average Bonchev–Trinajstić information content (AvgIpc) is 2.58. The zero-order valence-electron chi connectivity index (χ0n) is 14.2. The summed E-state index contributed by atoms with van der Waals surface area (Å²) in [6, 6.07) is 12.3. The van der Waals surface area contributed by atoms with Gasteiger partial charge < -0.3 is 5.11 Å². The minimum absolute atomic E-state index is 0.128. The summed E-state index contributed by atoms with van der Waals surface area (Å²) in [5.74, 6) is -0.910. The van der Waals surface area contributed by atoms with Crippen LogP contribution in [0.25, 0.3) is 5.69 Å². The summed E-state index contributed by atoms with van der Waals surface area (Å²) < 4.78 is 14.0. The molecule has 0 radical (unpaired) electrons. The standard InChI is InChI=1S/C19H16FN3O3/c1-11-5-3-4-6-15(11)23-18(25)16(17(24)22-19(23)26)12(2)21-14-9-7-13(20)8-10-14/h3-10,25H,1-2H3,(H,22,24,26). The van der Waals surface area contributed by atoms with Crippen LogP contribution in [-0.2, 0) is 0 Å². The molecule has 3 aromatic rings. The summed E-state index contributed by atoms with van der Waals surface area (Å²) in [5, 5.41) is 10.6. The summed E-state index contributed by atoms with van der Waals surface area (Å²) in [4.78, 5) is 30.9. The molecular weight excluding hydrogens is 337 g/mol. The number of aromatic nitrogens is 2. The third-order valence-electron chi connectivity index (χ3n) is 3.93. The number of aromatic amines is 1. The lowest BCUT2D eigenvalue weighted by Gasteiger charge is -2.13. The lowest BCUT2D eigenvalue weighted by Crippen LogP contribution is -2.33. The van der Waals surface area contributed by atoms with Crippen LogP contribution in [0.2, 0.25) is 0 Å². The second-order valence-electron chi connectivity index (χ2n) is 5.75. The first-order chi connectivity index (χ1) is 12.4. The summed E-state index contributed by atoms with van der Waals surface area (Å²) in [5.41, 5.74) is 0.171. The van der Waals surface area contributed by atoms with Gasteiger partial charge in [-0.1, -0.05) is 18.2 Å². The van der Waals surface area contributed by atoms with Crippen LogP contribution in [-0.4, -0.2) is 20.4 Å². The number of nitrogens with zero attached hydrogens (tertiary/aromatic N) is 2. The molecule has 0 saturated heterocycles. The third-order valence-corrected chi connectivity index (χ3v) is 3.93. The Balaban J connectivity index is 2.21. The van der Waals surface area contributed by atoms with E-state index in [2.05, 4.69) is 9.98 Å². The van der Waals surface area contributed by atoms with Crippen molar-refractivity contribution in [1.82, 2.24) is 9.55 Å². The minimum atomic E-state index is -0.750. The SMILES string of the molecule is CC(=Nc1ccc(F)cc1)c1c(O)n(-c2ccccc2C)c(=O)[nH]c1=O. The molecule has 0 aliphatic carbocycles. The monoisotopic (exact) mass is 353 g/mol. The summed E-state index contributed by atoms with van der Waals surface area (Å²) in [7, 11) is 0. The quantitative estimate of drug-likeness (QED) is 0.710. The largest absolute Gasteiger partial charge is 0.493 e. The number of benzene rings is 2. The molecule has 0 aliphatic heterocycles. The second-order valence-corrected chi connectivity index (χ2v) is 5.75. The van der Waals surface area contributed by atoms with Crippen molar-refractivity contribution in [2.45, 2.75) is 13.8 Å². The van der Waals surface area contributed by atoms with E-state index in [1.165, 1.54) is 31.2 Å². The van der Waals surface area contributed by atoms with E-state index in [9.17, 15) is 19.1 Å². The van der Waals surface area contributed by atoms with E-state index in [0.29, 0.717) is 11.4 Å². The van der Waals surface area contributed by atoms with Gasteiger partial charge in [0.2, 0.25) is 5.88 Å². The minimum Gasteiger partial charge on any atom is -0.493 e. The Hall–Kier alpha value is -3.48. The van der Waals surface area contributed by atoms with Crippen LogP contribution in [0.3, 0.4) is 0 Å². The molecule has 7 heteroatoms. The molecule has 0 fully saturated rings. The lowest BCUT2D eigenvalue weighted by atomic mass is 10.1. The van der Waals surface area contributed by atoms with E-state index in [4.69, 9.17) is 0 Å². The van der Waals surface area contributed by atoms with Crippen LogP contribution in [0.15, 0.2) is 63.1 Å². The Morgan fingerprint density at radius 3 is 2.42 bits per heavy atom. The van der Waals surface area contributed by atoms with Gasteiger partial charge in [-0.15, -0.1) is 0 Å². The van der Waals surface area contributed by atoms with Gasteiger partial charge in [0, 0.05) is 0 Å². The fourth-order valence-electron chi connectivity index (χ4n) is 2.65. The maximum absolute atomic E-state index is 13.0. The fourth-order valence-corrected chi connectivity index (χ4v) is 2.65. The lowest BCUT2D eigenvalue weighted by molar-refractivity contribution is 0.429. The van der Waals surface area contributed by atoms with Crippen molar-refractivity contribution >= 4 is 11.4 Å². The normalized spacial score (nSPS) is 11.6. The molecule has 3 rings (SSSR count). The number of hydrogen-bond donors (Lipinski definition) is 2. The van der Waals surface area contributed by atoms with Gasteiger partial charge in [0.05, 0.1) is 17.1 Å². The van der Waals surface area contributed by atoms with Gasteiger partial charge in [0.15, 0.2) is 0 Å². The van der Waals surface area contributed by atoms with Gasteiger partial charge in [0.25, 0.3) is 5.56 Å². The average molecular weight is 353 g/mol. The number of hydrogen-bond acceptors (Lipinski definition) is 4. The first kappa shape index (κ1) is 17.3. The molecule has 1 aromatic heterocycles. The van der Waals surface area contributed by atoms with E-state index < -0.39 is 22.9 Å². The van der Waals surface area contributed by atoms with Crippen molar-refractivity contribution < 1.29 is 9.50 Å². The van der Waals surface area contributed by atoms with Crippen LogP contribution in [0.5, 0.6) is 5.88 Å². The first-order valence-corrected chi connectivity index (χ1v) is 7.84. The Bertz CT molecular complexity index is 1110. The number of para-hydroxylation sites is 1. The molecule has 0 saturated carbocycles. The maximum Gasteiger partial charge on any atom is 0.335 e. The molecule has 6 nitrogen and oxygen atoms in total. The van der Waals surface area contributed by atoms with Crippen LogP contribution >= 0.6 is 0 Å². The van der Waals surface area contributed by atoms with Gasteiger partial charge in [-0.3, -0.25) is 14.8 Å². The molecule has 0 aliphatic rings. The summed E-state index contributed by atoms with van der Waals surface area (Å²) in [6.07, 6.45) is 0. The highest BCUT2D eigenvalue weighted by atomic mass is 19.1. The number of aryl methyl sites for hydroxylation is 1. The first-order valence-electron chi connectivity index (χ1n) is 7.84. The highest BCUT2D eigenvalue weighted by molar-refractivity contribution is 6.01. The molecule has 2 aromatic carbocycles. The molecule has 0 atom stereocenters. The number of aliphatic imine (C=N–C) groups is 1. The molecule has 2 N–H and O–H groups in total. The van der Waals surface area contributed by atoms with Crippen molar-refractivity contribution in [2.24, 2.45) is 4.99 Å². The van der Waals surface area contributed by atoms with Crippen molar-refractivity contribution in [3.63, 3.8) is 0 Å². The Labute approximate surface area is 147 Å². The van der Waals surface area contributed by atoms with Crippen LogP contribution in [0.4, 0.5) is 10.1 Å². The number of aromatic hydroxyl groups is 1. The second kappa shape index (κ2) is 6.79. The number of halogens is 1. The van der Waals surface area contributed by atoms with E-state index in [1.807, 2.05) is 0 Å². The highest BCUT2D eigenvalue weighted by Gasteiger charge is 2.18. The molecule has 132 valence electrons. The van der Waals surface area contributed by atoms with Crippen LogP contribution < -0.4 is 11.2 Å². The van der Waals surface area contributed by atoms with Crippen molar-refractivity contribution in [3.8, 4) is 11.6 Å². The number of nitrogens with one attached hydrogen (secondary N) is 1. The van der Waals surface area contributed by atoms with Crippen molar-refractivity contribution in [2.75, 3.05) is 0 Å². The molecule has 0 bridgehead atoms. The molecule has 1 heterocycles. The van der Waals surface area contributed by atoms with Gasteiger partial charge in [-0.05, 0) is 49.7 Å². The number of H-pyrrole nitrogens is 1. The Morgan fingerprint density at radius 2 is 1.77 bits per heavy atom. The molecule has 0 unspecified atom stereocenters. The molecular formula is C19H16FN3O3. The Kier molecular flexibility index (Phi) is 4.53. The molecule has 0 amide bonds. The van der Waals surface area contributed by atoms with Gasteiger partial charge in [-0.2, -0.15) is 0 Å². The van der Waals surface area contributed by atoms with Gasteiger partial charge >= 0.3 is 5.69 Å². The van der Waals surface area contributed by atoms with Crippen molar-refractivity contribution in [3.05, 3.63) is 86.3 Å². The van der Waals surface area contributed by atoms with Crippen LogP contribution in [0.1, 0.15) is 18.1 Å². The maximum atomic E-state index is 13.0. The predicted molar refractivity (Wildman–Crippen MR) is 97.3 cm³/mol. The zero-order valence-corrected chi connectivity index (χ0v) is 14.2. The third kappa shape index (κ3) is 3.19. The Morgan fingerprint density at radius 1 is 1.12 bits per heavy atom. The fraction of sp³-hybridized carbons (Fsp3) is 0.105. The van der Waals surface area contributed by atoms with E-state index in [1.54, 1.807) is 31.2 Å².